The zero-order valence-corrected chi connectivity index (χ0v) is 5.76. The summed E-state index contributed by atoms with van der Waals surface area (Å²) >= 11 is 0. The Balaban J connectivity index is 2.29. The Bertz CT molecular complexity index is 122. The summed E-state index contributed by atoms with van der Waals surface area (Å²) in [4.78, 5) is 4.15. The fourth-order valence-electron chi connectivity index (χ4n) is 0.826. The molecule has 0 saturated carbocycles. The Morgan fingerprint density at radius 1 is 1.89 bits per heavy atom. The van der Waals surface area contributed by atoms with Crippen molar-refractivity contribution in [3.63, 3.8) is 0 Å². The number of rotatable bonds is 2. The van der Waals surface area contributed by atoms with E-state index in [1.807, 2.05) is 6.92 Å². The average Bonchev–Trinajstić information content (AvgIpc) is 2.17. The van der Waals surface area contributed by atoms with Crippen LogP contribution in [-0.4, -0.2) is 32.3 Å². The minimum atomic E-state index is 0.231. The number of aliphatic imine (C=N–C) groups is 1. The highest BCUT2D eigenvalue weighted by Gasteiger charge is 2.14. The van der Waals surface area contributed by atoms with Crippen molar-refractivity contribution in [2.75, 3.05) is 20.3 Å². The summed E-state index contributed by atoms with van der Waals surface area (Å²) in [6, 6.07) is 0.231. The summed E-state index contributed by atoms with van der Waals surface area (Å²) in [5.41, 5.74) is 0. The van der Waals surface area contributed by atoms with E-state index < -0.39 is 0 Å². The largest absolute Gasteiger partial charge is 0.479 e. The lowest BCUT2D eigenvalue weighted by atomic mass is 10.4. The summed E-state index contributed by atoms with van der Waals surface area (Å²) in [6.07, 6.45) is 0. The maximum Gasteiger partial charge on any atom is 0.180 e. The molecule has 52 valence electrons. The van der Waals surface area contributed by atoms with E-state index in [2.05, 4.69) is 4.99 Å². The predicted molar refractivity (Wildman–Crippen MR) is 34.7 cm³/mol. The van der Waals surface area contributed by atoms with Crippen molar-refractivity contribution in [3.05, 3.63) is 0 Å². The molecule has 0 bridgehead atoms. The second-order valence-electron chi connectivity index (χ2n) is 2.07. The van der Waals surface area contributed by atoms with Gasteiger partial charge in [0, 0.05) is 14.0 Å². The second-order valence-corrected chi connectivity index (χ2v) is 2.07. The molecule has 0 saturated heterocycles. The first-order chi connectivity index (χ1) is 4.33. The second kappa shape index (κ2) is 2.82. The van der Waals surface area contributed by atoms with Gasteiger partial charge in [0.1, 0.15) is 12.6 Å². The Kier molecular flexibility index (Phi) is 2.05. The van der Waals surface area contributed by atoms with Crippen LogP contribution in [0.3, 0.4) is 0 Å². The van der Waals surface area contributed by atoms with Gasteiger partial charge in [0.05, 0.1) is 6.61 Å². The third kappa shape index (κ3) is 1.68. The standard InChI is InChI=1S/C6H11NO2/c1-5-7-6(3-8-2)4-9-5/h6H,3-4H2,1-2H3. The Morgan fingerprint density at radius 2 is 2.67 bits per heavy atom. The van der Waals surface area contributed by atoms with Crippen molar-refractivity contribution in [2.45, 2.75) is 13.0 Å². The number of methoxy groups -OCH3 is 1. The van der Waals surface area contributed by atoms with Crippen LogP contribution in [0.15, 0.2) is 4.99 Å². The normalized spacial score (nSPS) is 25.6. The maximum atomic E-state index is 5.09. The van der Waals surface area contributed by atoms with Crippen molar-refractivity contribution in [1.29, 1.82) is 0 Å². The van der Waals surface area contributed by atoms with Gasteiger partial charge in [-0.05, 0) is 0 Å². The molecule has 0 aromatic heterocycles. The van der Waals surface area contributed by atoms with Crippen LogP contribution in [0.2, 0.25) is 0 Å². The van der Waals surface area contributed by atoms with E-state index in [0.29, 0.717) is 13.2 Å². The van der Waals surface area contributed by atoms with Gasteiger partial charge >= 0.3 is 0 Å². The molecule has 1 aliphatic rings. The first-order valence-electron chi connectivity index (χ1n) is 2.99. The average molecular weight is 129 g/mol. The predicted octanol–water partition coefficient (Wildman–Crippen LogP) is 0.450. The van der Waals surface area contributed by atoms with Crippen molar-refractivity contribution in [1.82, 2.24) is 0 Å². The van der Waals surface area contributed by atoms with Crippen molar-refractivity contribution >= 4 is 5.90 Å². The smallest absolute Gasteiger partial charge is 0.180 e. The van der Waals surface area contributed by atoms with Gasteiger partial charge in [0.25, 0.3) is 0 Å². The first kappa shape index (κ1) is 6.55. The molecule has 1 rings (SSSR count). The molecule has 3 nitrogen and oxygen atoms in total. The molecular formula is C6H11NO2. The molecule has 0 fully saturated rings. The number of ether oxygens (including phenoxy) is 2. The summed E-state index contributed by atoms with van der Waals surface area (Å²) in [5.74, 6) is 0.775. The molecular weight excluding hydrogens is 118 g/mol. The molecule has 0 aromatic carbocycles. The molecule has 9 heavy (non-hydrogen) atoms. The number of nitrogens with zero attached hydrogens (tertiary/aromatic N) is 1. The lowest BCUT2D eigenvalue weighted by Crippen LogP contribution is -2.12. The van der Waals surface area contributed by atoms with Crippen LogP contribution in [0.25, 0.3) is 0 Å². The minimum Gasteiger partial charge on any atom is -0.479 e. The van der Waals surface area contributed by atoms with Crippen LogP contribution in [0.5, 0.6) is 0 Å². The maximum absolute atomic E-state index is 5.09. The highest BCUT2D eigenvalue weighted by atomic mass is 16.5. The van der Waals surface area contributed by atoms with E-state index in [0.717, 1.165) is 5.90 Å². The summed E-state index contributed by atoms with van der Waals surface area (Å²) in [7, 11) is 1.67. The molecule has 0 aromatic rings. The van der Waals surface area contributed by atoms with Gasteiger partial charge in [-0.25, -0.2) is 4.99 Å². The molecule has 0 spiro atoms. The van der Waals surface area contributed by atoms with E-state index in [4.69, 9.17) is 9.47 Å². The molecule has 0 amide bonds. The lowest BCUT2D eigenvalue weighted by molar-refractivity contribution is 0.164. The zero-order chi connectivity index (χ0) is 6.69. The van der Waals surface area contributed by atoms with Crippen LogP contribution >= 0.6 is 0 Å². The third-order valence-corrected chi connectivity index (χ3v) is 1.21. The van der Waals surface area contributed by atoms with Crippen LogP contribution in [0, 0.1) is 0 Å². The molecule has 0 aliphatic carbocycles. The fourth-order valence-corrected chi connectivity index (χ4v) is 0.826. The monoisotopic (exact) mass is 129 g/mol. The molecule has 0 radical (unpaired) electrons. The Labute approximate surface area is 54.7 Å². The van der Waals surface area contributed by atoms with Gasteiger partial charge in [-0.1, -0.05) is 0 Å². The summed E-state index contributed by atoms with van der Waals surface area (Å²) in [5, 5.41) is 0. The van der Waals surface area contributed by atoms with Gasteiger partial charge in [0.2, 0.25) is 0 Å². The van der Waals surface area contributed by atoms with Gasteiger partial charge in [-0.3, -0.25) is 0 Å². The molecule has 1 heterocycles. The molecule has 3 heteroatoms. The van der Waals surface area contributed by atoms with Crippen molar-refractivity contribution < 1.29 is 9.47 Å². The topological polar surface area (TPSA) is 30.8 Å². The van der Waals surface area contributed by atoms with Gasteiger partial charge in [0.15, 0.2) is 5.90 Å². The third-order valence-electron chi connectivity index (χ3n) is 1.21. The van der Waals surface area contributed by atoms with Crippen molar-refractivity contribution in [2.24, 2.45) is 4.99 Å². The van der Waals surface area contributed by atoms with Crippen LogP contribution in [-0.2, 0) is 9.47 Å². The number of hydrogen-bond acceptors (Lipinski definition) is 3. The zero-order valence-electron chi connectivity index (χ0n) is 5.76. The molecule has 0 N–H and O–H groups in total. The summed E-state index contributed by atoms with van der Waals surface area (Å²) in [6.45, 7) is 3.20. The molecule has 1 unspecified atom stereocenters. The minimum absolute atomic E-state index is 0.231. The lowest BCUT2D eigenvalue weighted by Gasteiger charge is -2.00. The van der Waals surface area contributed by atoms with Gasteiger partial charge in [-0.2, -0.15) is 0 Å². The van der Waals surface area contributed by atoms with Crippen LogP contribution < -0.4 is 0 Å². The molecule has 1 aliphatic heterocycles. The van der Waals surface area contributed by atoms with Gasteiger partial charge in [-0.15, -0.1) is 0 Å². The van der Waals surface area contributed by atoms with Gasteiger partial charge < -0.3 is 9.47 Å². The highest BCUT2D eigenvalue weighted by Crippen LogP contribution is 2.03. The van der Waals surface area contributed by atoms with E-state index >= 15 is 0 Å². The first-order valence-corrected chi connectivity index (χ1v) is 2.99. The van der Waals surface area contributed by atoms with Crippen molar-refractivity contribution in [3.8, 4) is 0 Å². The molecule has 1 atom stereocenters. The van der Waals surface area contributed by atoms with E-state index in [1.54, 1.807) is 7.11 Å². The highest BCUT2D eigenvalue weighted by molar-refractivity contribution is 5.74. The Morgan fingerprint density at radius 3 is 3.11 bits per heavy atom. The number of hydrogen-bond donors (Lipinski definition) is 0. The van der Waals surface area contributed by atoms with E-state index in [1.165, 1.54) is 0 Å². The SMILES string of the molecule is COCC1COC(C)=N1. The Hall–Kier alpha value is -0.570. The van der Waals surface area contributed by atoms with E-state index in [9.17, 15) is 0 Å². The van der Waals surface area contributed by atoms with Crippen LogP contribution in [0.4, 0.5) is 0 Å². The quantitative estimate of drug-likeness (QED) is 0.542. The summed E-state index contributed by atoms with van der Waals surface area (Å²) < 4.78 is 9.97. The fraction of sp³-hybridized carbons (Fsp3) is 0.833. The van der Waals surface area contributed by atoms with Crippen LogP contribution in [0.1, 0.15) is 6.92 Å². The van der Waals surface area contributed by atoms with E-state index in [-0.39, 0.29) is 6.04 Å².